The van der Waals surface area contributed by atoms with Crippen molar-refractivity contribution < 1.29 is 4.74 Å². The summed E-state index contributed by atoms with van der Waals surface area (Å²) >= 11 is 3.53. The Hall–Kier alpha value is -0.380. The summed E-state index contributed by atoms with van der Waals surface area (Å²) in [5, 5.41) is 3.58. The van der Waals surface area contributed by atoms with Crippen LogP contribution in [0.15, 0.2) is 28.7 Å². The summed E-state index contributed by atoms with van der Waals surface area (Å²) in [6.45, 7) is 8.42. The van der Waals surface area contributed by atoms with E-state index in [0.29, 0.717) is 12.6 Å². The SMILES string of the molecule is CC1CCC(CNC(C)C)(OCc2cccc(Br)c2)CC1. The van der Waals surface area contributed by atoms with Crippen LogP contribution in [0.4, 0.5) is 0 Å². The smallest absolute Gasteiger partial charge is 0.0811 e. The highest BCUT2D eigenvalue weighted by molar-refractivity contribution is 9.10. The highest BCUT2D eigenvalue weighted by Gasteiger charge is 2.35. The van der Waals surface area contributed by atoms with Crippen LogP contribution < -0.4 is 5.32 Å². The number of nitrogens with one attached hydrogen (secondary N) is 1. The van der Waals surface area contributed by atoms with Gasteiger partial charge in [0.15, 0.2) is 0 Å². The number of hydrogen-bond donors (Lipinski definition) is 1. The van der Waals surface area contributed by atoms with Crippen molar-refractivity contribution in [1.82, 2.24) is 5.32 Å². The molecule has 21 heavy (non-hydrogen) atoms. The lowest BCUT2D eigenvalue weighted by atomic mass is 9.79. The van der Waals surface area contributed by atoms with Crippen molar-refractivity contribution >= 4 is 15.9 Å². The summed E-state index contributed by atoms with van der Waals surface area (Å²) in [7, 11) is 0. The number of ether oxygens (including phenoxy) is 1. The van der Waals surface area contributed by atoms with E-state index in [1.54, 1.807) is 0 Å². The molecule has 1 saturated carbocycles. The van der Waals surface area contributed by atoms with Crippen LogP contribution in [0.25, 0.3) is 0 Å². The molecule has 1 aromatic carbocycles. The monoisotopic (exact) mass is 353 g/mol. The molecule has 1 aliphatic carbocycles. The zero-order valence-corrected chi connectivity index (χ0v) is 15.1. The van der Waals surface area contributed by atoms with E-state index in [2.05, 4.69) is 66.3 Å². The first-order valence-electron chi connectivity index (χ1n) is 8.11. The average Bonchev–Trinajstić information content (AvgIpc) is 2.46. The van der Waals surface area contributed by atoms with Crippen LogP contribution >= 0.6 is 15.9 Å². The van der Waals surface area contributed by atoms with Gasteiger partial charge in [0.05, 0.1) is 12.2 Å². The average molecular weight is 354 g/mol. The second kappa shape index (κ2) is 7.75. The second-order valence-corrected chi connectivity index (χ2v) is 7.74. The summed E-state index contributed by atoms with van der Waals surface area (Å²) in [4.78, 5) is 0. The third kappa shape index (κ3) is 5.39. The minimum atomic E-state index is 0.0130. The van der Waals surface area contributed by atoms with Gasteiger partial charge < -0.3 is 10.1 Å². The van der Waals surface area contributed by atoms with Crippen LogP contribution in [0.2, 0.25) is 0 Å². The van der Waals surface area contributed by atoms with Crippen molar-refractivity contribution in [2.45, 2.75) is 64.7 Å². The highest BCUT2D eigenvalue weighted by atomic mass is 79.9. The molecule has 0 unspecified atom stereocenters. The largest absolute Gasteiger partial charge is 0.369 e. The van der Waals surface area contributed by atoms with Crippen molar-refractivity contribution in [3.63, 3.8) is 0 Å². The van der Waals surface area contributed by atoms with Crippen LogP contribution in [-0.4, -0.2) is 18.2 Å². The molecular formula is C18H28BrNO. The predicted octanol–water partition coefficient (Wildman–Crippen LogP) is 4.91. The van der Waals surface area contributed by atoms with Gasteiger partial charge in [0, 0.05) is 17.1 Å². The molecule has 0 heterocycles. The molecule has 118 valence electrons. The molecule has 2 nitrogen and oxygen atoms in total. The lowest BCUT2D eigenvalue weighted by Crippen LogP contribution is -2.47. The van der Waals surface area contributed by atoms with E-state index in [1.165, 1.54) is 31.2 Å². The van der Waals surface area contributed by atoms with Gasteiger partial charge in [-0.05, 0) is 49.3 Å². The fourth-order valence-electron chi connectivity index (χ4n) is 2.91. The third-order valence-corrected chi connectivity index (χ3v) is 4.95. The Kier molecular flexibility index (Phi) is 6.27. The first kappa shape index (κ1) is 17.0. The third-order valence-electron chi connectivity index (χ3n) is 4.45. The van der Waals surface area contributed by atoms with Crippen LogP contribution in [0.3, 0.4) is 0 Å². The quantitative estimate of drug-likeness (QED) is 0.784. The summed E-state index contributed by atoms with van der Waals surface area (Å²) in [5.41, 5.74) is 1.26. The first-order chi connectivity index (χ1) is 9.99. The molecule has 0 amide bonds. The van der Waals surface area contributed by atoms with Crippen molar-refractivity contribution in [3.05, 3.63) is 34.3 Å². The maximum absolute atomic E-state index is 6.43. The van der Waals surface area contributed by atoms with Crippen molar-refractivity contribution in [1.29, 1.82) is 0 Å². The summed E-state index contributed by atoms with van der Waals surface area (Å²) in [6, 6.07) is 8.93. The van der Waals surface area contributed by atoms with Crippen molar-refractivity contribution in [3.8, 4) is 0 Å². The Labute approximate surface area is 137 Å². The Balaban J connectivity index is 1.98. The van der Waals surface area contributed by atoms with Gasteiger partial charge in [-0.25, -0.2) is 0 Å². The highest BCUT2D eigenvalue weighted by Crippen LogP contribution is 2.35. The number of halogens is 1. The normalized spacial score (nSPS) is 26.2. The molecule has 1 aromatic rings. The molecule has 3 heteroatoms. The van der Waals surface area contributed by atoms with Gasteiger partial charge >= 0.3 is 0 Å². The van der Waals surface area contributed by atoms with Gasteiger partial charge in [0.2, 0.25) is 0 Å². The van der Waals surface area contributed by atoms with Gasteiger partial charge in [-0.2, -0.15) is 0 Å². The topological polar surface area (TPSA) is 21.3 Å². The van der Waals surface area contributed by atoms with Crippen LogP contribution in [0.1, 0.15) is 52.0 Å². The first-order valence-corrected chi connectivity index (χ1v) is 8.90. The number of hydrogen-bond acceptors (Lipinski definition) is 2. The maximum Gasteiger partial charge on any atom is 0.0811 e. The molecule has 0 aliphatic heterocycles. The standard InChI is InChI=1S/C18H28BrNO/c1-14(2)20-13-18(9-7-15(3)8-10-18)21-12-16-5-4-6-17(19)11-16/h4-6,11,14-15,20H,7-10,12-13H2,1-3H3. The van der Waals surface area contributed by atoms with Gasteiger partial charge in [-0.1, -0.05) is 48.8 Å². The van der Waals surface area contributed by atoms with Gasteiger partial charge in [-0.15, -0.1) is 0 Å². The van der Waals surface area contributed by atoms with E-state index in [4.69, 9.17) is 4.74 Å². The van der Waals surface area contributed by atoms with E-state index in [0.717, 1.165) is 16.9 Å². The summed E-state index contributed by atoms with van der Waals surface area (Å²) < 4.78 is 7.55. The fraction of sp³-hybridized carbons (Fsp3) is 0.667. The fourth-order valence-corrected chi connectivity index (χ4v) is 3.36. The van der Waals surface area contributed by atoms with E-state index in [-0.39, 0.29) is 5.60 Å². The maximum atomic E-state index is 6.43. The van der Waals surface area contributed by atoms with Gasteiger partial charge in [0.1, 0.15) is 0 Å². The Morgan fingerprint density at radius 3 is 2.67 bits per heavy atom. The molecule has 0 radical (unpaired) electrons. The molecule has 0 spiro atoms. The molecule has 1 fully saturated rings. The molecule has 2 rings (SSSR count). The molecule has 0 saturated heterocycles. The molecule has 0 aromatic heterocycles. The molecule has 1 N–H and O–H groups in total. The predicted molar refractivity (Wildman–Crippen MR) is 92.4 cm³/mol. The van der Waals surface area contributed by atoms with Crippen LogP contribution in [-0.2, 0) is 11.3 Å². The summed E-state index contributed by atoms with van der Waals surface area (Å²) in [5.74, 6) is 0.839. The van der Waals surface area contributed by atoms with E-state index in [1.807, 2.05) is 0 Å². The Morgan fingerprint density at radius 1 is 1.33 bits per heavy atom. The molecule has 0 atom stereocenters. The molecular weight excluding hydrogens is 326 g/mol. The van der Waals surface area contributed by atoms with E-state index < -0.39 is 0 Å². The minimum absolute atomic E-state index is 0.0130. The zero-order valence-electron chi connectivity index (χ0n) is 13.5. The summed E-state index contributed by atoms with van der Waals surface area (Å²) in [6.07, 6.45) is 4.89. The van der Waals surface area contributed by atoms with Crippen molar-refractivity contribution in [2.75, 3.05) is 6.54 Å². The zero-order chi connectivity index (χ0) is 15.3. The number of benzene rings is 1. The van der Waals surface area contributed by atoms with Crippen LogP contribution in [0, 0.1) is 5.92 Å². The Bertz CT molecular complexity index is 439. The Morgan fingerprint density at radius 2 is 2.05 bits per heavy atom. The van der Waals surface area contributed by atoms with Gasteiger partial charge in [-0.3, -0.25) is 0 Å². The van der Waals surface area contributed by atoms with Gasteiger partial charge in [0.25, 0.3) is 0 Å². The van der Waals surface area contributed by atoms with E-state index in [9.17, 15) is 0 Å². The molecule has 1 aliphatic rings. The van der Waals surface area contributed by atoms with Crippen molar-refractivity contribution in [2.24, 2.45) is 5.92 Å². The second-order valence-electron chi connectivity index (χ2n) is 6.82. The minimum Gasteiger partial charge on any atom is -0.369 e. The lowest BCUT2D eigenvalue weighted by Gasteiger charge is -2.40. The molecule has 0 bridgehead atoms. The van der Waals surface area contributed by atoms with Crippen LogP contribution in [0.5, 0.6) is 0 Å². The number of rotatable bonds is 6. The van der Waals surface area contributed by atoms with E-state index >= 15 is 0 Å². The lowest BCUT2D eigenvalue weighted by molar-refractivity contribution is -0.0858.